The molecule has 13 heteroatoms. The first-order valence-corrected chi connectivity index (χ1v) is 12.6. The molecule has 1 aromatic carbocycles. The van der Waals surface area contributed by atoms with Gasteiger partial charge in [0.2, 0.25) is 23.6 Å². The van der Waals surface area contributed by atoms with Crippen LogP contribution in [0.1, 0.15) is 44.6 Å². The summed E-state index contributed by atoms with van der Waals surface area (Å²) in [4.78, 5) is 63.7. The monoisotopic (exact) mass is 535 g/mol. The molecule has 1 aliphatic heterocycles. The minimum absolute atomic E-state index is 0.0557. The van der Waals surface area contributed by atoms with Gasteiger partial charge in [0.25, 0.3) is 0 Å². The maximum Gasteiger partial charge on any atom is 0.326 e. The Morgan fingerprint density at radius 2 is 1.71 bits per heavy atom. The highest BCUT2D eigenvalue weighted by molar-refractivity contribution is 5.95. The maximum absolute atomic E-state index is 13.4. The van der Waals surface area contributed by atoms with E-state index in [0.717, 1.165) is 0 Å². The SMILES string of the molecule is CC(=O)N[C@@H](Cc1ccc(O)cc1)C(=O)N1CCC[C@H]1C(=O)N[C@@H](CO)C(=O)N[C@@H](CCCCN)C(=O)O. The highest BCUT2D eigenvalue weighted by atomic mass is 16.4. The Morgan fingerprint density at radius 1 is 1.03 bits per heavy atom. The molecule has 1 saturated heterocycles. The van der Waals surface area contributed by atoms with E-state index in [1.165, 1.54) is 24.0 Å². The molecule has 1 heterocycles. The zero-order valence-corrected chi connectivity index (χ0v) is 21.4. The summed E-state index contributed by atoms with van der Waals surface area (Å²) in [7, 11) is 0. The number of carbonyl (C=O) groups excluding carboxylic acids is 4. The van der Waals surface area contributed by atoms with Crippen LogP contribution >= 0.6 is 0 Å². The third kappa shape index (κ3) is 8.99. The molecule has 0 saturated carbocycles. The molecule has 0 aromatic heterocycles. The van der Waals surface area contributed by atoms with Gasteiger partial charge in [-0.15, -0.1) is 0 Å². The van der Waals surface area contributed by atoms with Gasteiger partial charge in [-0.1, -0.05) is 12.1 Å². The number of likely N-dealkylation sites (tertiary alicyclic amines) is 1. The fourth-order valence-corrected chi connectivity index (χ4v) is 4.30. The van der Waals surface area contributed by atoms with Crippen LogP contribution in [0.4, 0.5) is 0 Å². The summed E-state index contributed by atoms with van der Waals surface area (Å²) >= 11 is 0. The summed E-state index contributed by atoms with van der Waals surface area (Å²) in [5, 5.41) is 35.9. The van der Waals surface area contributed by atoms with Crippen molar-refractivity contribution in [1.29, 1.82) is 0 Å². The molecular weight excluding hydrogens is 498 g/mol. The predicted octanol–water partition coefficient (Wildman–Crippen LogP) is -1.39. The van der Waals surface area contributed by atoms with Gasteiger partial charge in [-0.3, -0.25) is 19.2 Å². The van der Waals surface area contributed by atoms with Gasteiger partial charge in [-0.05, 0) is 56.3 Å². The smallest absolute Gasteiger partial charge is 0.326 e. The molecular formula is C25H37N5O8. The Kier molecular flexibility index (Phi) is 12.0. The zero-order chi connectivity index (χ0) is 28.2. The highest BCUT2D eigenvalue weighted by Gasteiger charge is 2.39. The van der Waals surface area contributed by atoms with Gasteiger partial charge in [-0.2, -0.15) is 0 Å². The van der Waals surface area contributed by atoms with Crippen molar-refractivity contribution in [3.63, 3.8) is 0 Å². The van der Waals surface area contributed by atoms with Gasteiger partial charge < -0.3 is 41.9 Å². The molecule has 0 spiro atoms. The van der Waals surface area contributed by atoms with Crippen LogP contribution in [-0.2, 0) is 30.4 Å². The molecule has 0 radical (unpaired) electrons. The van der Waals surface area contributed by atoms with E-state index < -0.39 is 60.4 Å². The largest absolute Gasteiger partial charge is 0.508 e. The van der Waals surface area contributed by atoms with E-state index >= 15 is 0 Å². The molecule has 0 aliphatic carbocycles. The second-order valence-electron chi connectivity index (χ2n) is 9.24. The lowest BCUT2D eigenvalue weighted by Gasteiger charge is -2.29. The number of aliphatic hydroxyl groups is 1. The lowest BCUT2D eigenvalue weighted by atomic mass is 10.0. The number of nitrogens with zero attached hydrogens (tertiary/aromatic N) is 1. The number of phenolic OH excluding ortho intramolecular Hbond substituents is 1. The number of aromatic hydroxyl groups is 1. The molecule has 1 aliphatic rings. The van der Waals surface area contributed by atoms with Crippen LogP contribution in [0, 0.1) is 0 Å². The van der Waals surface area contributed by atoms with Crippen LogP contribution in [0.2, 0.25) is 0 Å². The Labute approximate surface area is 220 Å². The number of nitrogens with one attached hydrogen (secondary N) is 3. The Morgan fingerprint density at radius 3 is 2.29 bits per heavy atom. The fraction of sp³-hybridized carbons (Fsp3) is 0.560. The van der Waals surface area contributed by atoms with Crippen molar-refractivity contribution in [1.82, 2.24) is 20.9 Å². The predicted molar refractivity (Wildman–Crippen MR) is 136 cm³/mol. The maximum atomic E-state index is 13.4. The molecule has 1 aromatic rings. The molecule has 2 rings (SSSR count). The van der Waals surface area contributed by atoms with Gasteiger partial charge >= 0.3 is 5.97 Å². The number of rotatable bonds is 14. The lowest BCUT2D eigenvalue weighted by molar-refractivity contribution is -0.144. The molecule has 4 amide bonds. The van der Waals surface area contributed by atoms with Crippen molar-refractivity contribution >= 4 is 29.6 Å². The summed E-state index contributed by atoms with van der Waals surface area (Å²) in [6.45, 7) is 1.13. The molecule has 0 unspecified atom stereocenters. The normalized spacial score (nSPS) is 17.2. The van der Waals surface area contributed by atoms with E-state index in [1.54, 1.807) is 12.1 Å². The van der Waals surface area contributed by atoms with Crippen LogP contribution in [0.15, 0.2) is 24.3 Å². The molecule has 8 N–H and O–H groups in total. The zero-order valence-electron chi connectivity index (χ0n) is 21.4. The van der Waals surface area contributed by atoms with E-state index in [4.69, 9.17) is 5.73 Å². The average Bonchev–Trinajstić information content (AvgIpc) is 3.36. The third-order valence-corrected chi connectivity index (χ3v) is 6.27. The highest BCUT2D eigenvalue weighted by Crippen LogP contribution is 2.20. The number of unbranched alkanes of at least 4 members (excludes halogenated alkanes) is 1. The number of carbonyl (C=O) groups is 5. The Hall–Kier alpha value is -3.71. The first kappa shape index (κ1) is 30.5. The summed E-state index contributed by atoms with van der Waals surface area (Å²) in [6, 6.07) is 1.64. The summed E-state index contributed by atoms with van der Waals surface area (Å²) in [6.07, 6.45) is 2.14. The van der Waals surface area contributed by atoms with Crippen LogP contribution < -0.4 is 21.7 Å². The standard InChI is InChI=1S/C25H37N5O8/c1-15(32)27-19(13-16-7-9-17(33)10-8-16)24(36)30-12-4-6-21(30)23(35)29-20(14-31)22(34)28-18(25(37)38)5-2-3-11-26/h7-10,18-21,31,33H,2-6,11-14,26H2,1H3,(H,27,32)(H,28,34)(H,29,35)(H,37,38)/t18-,19-,20-,21-/m0/s1. The van der Waals surface area contributed by atoms with Crippen LogP contribution in [0.25, 0.3) is 0 Å². The summed E-state index contributed by atoms with van der Waals surface area (Å²) in [5.41, 5.74) is 6.11. The number of hydrogen-bond acceptors (Lipinski definition) is 8. The molecule has 1 fully saturated rings. The van der Waals surface area contributed by atoms with Gasteiger partial charge in [0.15, 0.2) is 0 Å². The van der Waals surface area contributed by atoms with Gasteiger partial charge in [0.05, 0.1) is 6.61 Å². The van der Waals surface area contributed by atoms with E-state index in [2.05, 4.69) is 16.0 Å². The quantitative estimate of drug-likeness (QED) is 0.139. The van der Waals surface area contributed by atoms with Gasteiger partial charge in [0.1, 0.15) is 29.9 Å². The average molecular weight is 536 g/mol. The molecule has 0 bridgehead atoms. The Bertz CT molecular complexity index is 986. The molecule has 13 nitrogen and oxygen atoms in total. The molecule has 38 heavy (non-hydrogen) atoms. The second kappa shape index (κ2) is 14.9. The van der Waals surface area contributed by atoms with Gasteiger partial charge in [-0.25, -0.2) is 4.79 Å². The minimum Gasteiger partial charge on any atom is -0.508 e. The van der Waals surface area contributed by atoms with E-state index in [9.17, 15) is 39.3 Å². The van der Waals surface area contributed by atoms with Crippen LogP contribution in [-0.4, -0.2) is 93.7 Å². The number of aliphatic carboxylic acids is 1. The lowest BCUT2D eigenvalue weighted by Crippen LogP contribution is -2.58. The fourth-order valence-electron chi connectivity index (χ4n) is 4.30. The molecule has 4 atom stereocenters. The second-order valence-corrected chi connectivity index (χ2v) is 9.24. The van der Waals surface area contributed by atoms with Crippen molar-refractivity contribution < 1.29 is 39.3 Å². The molecule has 210 valence electrons. The Balaban J connectivity index is 2.08. The first-order valence-electron chi connectivity index (χ1n) is 12.6. The minimum atomic E-state index is -1.42. The van der Waals surface area contributed by atoms with Crippen LogP contribution in [0.3, 0.4) is 0 Å². The van der Waals surface area contributed by atoms with Crippen molar-refractivity contribution in [3.05, 3.63) is 29.8 Å². The van der Waals surface area contributed by atoms with E-state index in [-0.39, 0.29) is 25.1 Å². The number of carboxylic acids is 1. The van der Waals surface area contributed by atoms with Crippen LogP contribution in [0.5, 0.6) is 5.75 Å². The van der Waals surface area contributed by atoms with Crippen molar-refractivity contribution in [3.8, 4) is 5.75 Å². The number of amides is 4. The van der Waals surface area contributed by atoms with Gasteiger partial charge in [0, 0.05) is 19.9 Å². The number of hydrogen-bond donors (Lipinski definition) is 7. The number of carboxylic acid groups (broad SMARTS) is 1. The number of nitrogens with two attached hydrogens (primary N) is 1. The van der Waals surface area contributed by atoms with E-state index in [1.807, 2.05) is 0 Å². The number of phenols is 1. The van der Waals surface area contributed by atoms with E-state index in [0.29, 0.717) is 37.8 Å². The van der Waals surface area contributed by atoms with Crippen molar-refractivity contribution in [2.45, 2.75) is 69.6 Å². The summed E-state index contributed by atoms with van der Waals surface area (Å²) < 4.78 is 0. The first-order chi connectivity index (χ1) is 18.1. The number of benzene rings is 1. The van der Waals surface area contributed by atoms with Crippen molar-refractivity contribution in [2.24, 2.45) is 5.73 Å². The topological polar surface area (TPSA) is 211 Å². The number of aliphatic hydroxyl groups excluding tert-OH is 1. The summed E-state index contributed by atoms with van der Waals surface area (Å²) in [5.74, 6) is -3.64. The van der Waals surface area contributed by atoms with Crippen molar-refractivity contribution in [2.75, 3.05) is 19.7 Å². The third-order valence-electron chi connectivity index (χ3n) is 6.27.